The number of thioether (sulfide) groups is 1. The first-order valence-corrected chi connectivity index (χ1v) is 8.57. The molecule has 1 aromatic carbocycles. The van der Waals surface area contributed by atoms with Crippen LogP contribution in [0.4, 0.5) is 11.4 Å². The molecule has 7 heteroatoms. The number of amides is 1. The molecule has 1 amide bonds. The molecule has 0 saturated heterocycles. The lowest BCUT2D eigenvalue weighted by molar-refractivity contribution is -0.384. The van der Waals surface area contributed by atoms with Crippen LogP contribution in [-0.4, -0.2) is 47.4 Å². The summed E-state index contributed by atoms with van der Waals surface area (Å²) >= 11 is 1.82. The van der Waals surface area contributed by atoms with Crippen molar-refractivity contribution in [2.45, 2.75) is 25.8 Å². The van der Waals surface area contributed by atoms with Crippen molar-refractivity contribution in [1.29, 1.82) is 0 Å². The van der Waals surface area contributed by atoms with E-state index in [1.807, 2.05) is 18.8 Å². The Kier molecular flexibility index (Phi) is 7.90. The number of nitrogens with zero attached hydrogens (tertiary/aromatic N) is 2. The molecule has 0 aliphatic carbocycles. The van der Waals surface area contributed by atoms with E-state index in [-0.39, 0.29) is 11.6 Å². The van der Waals surface area contributed by atoms with Crippen LogP contribution in [0.5, 0.6) is 0 Å². The average Bonchev–Trinajstić information content (AvgIpc) is 2.50. The van der Waals surface area contributed by atoms with Gasteiger partial charge in [0.2, 0.25) is 5.91 Å². The lowest BCUT2D eigenvalue weighted by Gasteiger charge is -2.24. The van der Waals surface area contributed by atoms with E-state index >= 15 is 0 Å². The lowest BCUT2D eigenvalue weighted by Crippen LogP contribution is -2.32. The van der Waals surface area contributed by atoms with Gasteiger partial charge in [-0.2, -0.15) is 11.8 Å². The molecular formula is C15H23N3O3S. The minimum absolute atomic E-state index is 0.0272. The molecular weight excluding hydrogens is 302 g/mol. The van der Waals surface area contributed by atoms with Gasteiger partial charge in [0.05, 0.1) is 4.92 Å². The van der Waals surface area contributed by atoms with Crippen molar-refractivity contribution >= 4 is 29.0 Å². The van der Waals surface area contributed by atoms with Gasteiger partial charge >= 0.3 is 0 Å². The van der Waals surface area contributed by atoms with E-state index in [0.29, 0.717) is 24.7 Å². The number of carbonyl (C=O) groups excluding carboxylic acids is 1. The number of benzene rings is 1. The predicted molar refractivity (Wildman–Crippen MR) is 91.4 cm³/mol. The lowest BCUT2D eigenvalue weighted by atomic mass is 10.2. The molecule has 1 aromatic rings. The van der Waals surface area contributed by atoms with Gasteiger partial charge in [0.25, 0.3) is 5.69 Å². The Morgan fingerprint density at radius 3 is 2.86 bits per heavy atom. The third-order valence-corrected chi connectivity index (χ3v) is 4.17. The molecule has 0 bridgehead atoms. The fourth-order valence-corrected chi connectivity index (χ4v) is 2.50. The topological polar surface area (TPSA) is 75.5 Å². The van der Waals surface area contributed by atoms with E-state index in [0.717, 1.165) is 12.2 Å². The monoisotopic (exact) mass is 325 g/mol. The second-order valence-electron chi connectivity index (χ2n) is 5.22. The van der Waals surface area contributed by atoms with E-state index in [2.05, 4.69) is 23.4 Å². The highest BCUT2D eigenvalue weighted by Crippen LogP contribution is 2.17. The molecule has 0 aliphatic heterocycles. The Balaban J connectivity index is 2.43. The summed E-state index contributed by atoms with van der Waals surface area (Å²) in [6.45, 7) is 2.81. The van der Waals surface area contributed by atoms with Crippen LogP contribution in [0.15, 0.2) is 24.3 Å². The summed E-state index contributed by atoms with van der Waals surface area (Å²) in [6.07, 6.45) is 3.53. The van der Waals surface area contributed by atoms with E-state index in [4.69, 9.17) is 0 Å². The molecule has 0 saturated carbocycles. The Bertz CT molecular complexity index is 511. The van der Waals surface area contributed by atoms with Crippen molar-refractivity contribution in [1.82, 2.24) is 4.90 Å². The highest BCUT2D eigenvalue weighted by atomic mass is 32.2. The van der Waals surface area contributed by atoms with E-state index in [1.54, 1.807) is 12.1 Å². The molecule has 1 rings (SSSR count). The van der Waals surface area contributed by atoms with E-state index in [9.17, 15) is 14.9 Å². The number of hydrogen-bond acceptors (Lipinski definition) is 5. The largest absolute Gasteiger partial charge is 0.326 e. The predicted octanol–water partition coefficient (Wildman–Crippen LogP) is 3.00. The van der Waals surface area contributed by atoms with Crippen LogP contribution in [0.3, 0.4) is 0 Å². The van der Waals surface area contributed by atoms with Gasteiger partial charge in [0, 0.05) is 36.8 Å². The summed E-state index contributed by atoms with van der Waals surface area (Å²) in [4.78, 5) is 24.3. The van der Waals surface area contributed by atoms with Gasteiger partial charge in [-0.25, -0.2) is 0 Å². The first-order chi connectivity index (χ1) is 10.4. The Labute approximate surface area is 135 Å². The van der Waals surface area contributed by atoms with Crippen LogP contribution in [0, 0.1) is 10.1 Å². The number of anilines is 1. The minimum Gasteiger partial charge on any atom is -0.326 e. The third-order valence-electron chi connectivity index (χ3n) is 3.52. The van der Waals surface area contributed by atoms with Crippen LogP contribution in [0.1, 0.15) is 19.8 Å². The molecule has 1 atom stereocenters. The Morgan fingerprint density at radius 1 is 1.50 bits per heavy atom. The summed E-state index contributed by atoms with van der Waals surface area (Å²) in [7, 11) is 2.01. The summed E-state index contributed by atoms with van der Waals surface area (Å²) in [5.41, 5.74) is 0.429. The van der Waals surface area contributed by atoms with E-state index in [1.165, 1.54) is 12.1 Å². The van der Waals surface area contributed by atoms with Gasteiger partial charge < -0.3 is 10.2 Å². The van der Waals surface area contributed by atoms with Gasteiger partial charge in [-0.3, -0.25) is 14.9 Å². The molecule has 22 heavy (non-hydrogen) atoms. The quantitative estimate of drug-likeness (QED) is 0.558. The minimum atomic E-state index is -0.475. The summed E-state index contributed by atoms with van der Waals surface area (Å²) in [5, 5.41) is 13.4. The third kappa shape index (κ3) is 6.44. The van der Waals surface area contributed by atoms with Crippen molar-refractivity contribution in [3.63, 3.8) is 0 Å². The number of carbonyl (C=O) groups is 1. The second-order valence-corrected chi connectivity index (χ2v) is 6.20. The summed E-state index contributed by atoms with van der Waals surface area (Å²) in [5.74, 6) is 0.968. The van der Waals surface area contributed by atoms with Gasteiger partial charge in [0.1, 0.15) is 0 Å². The molecule has 0 heterocycles. The molecule has 1 N–H and O–H groups in total. The van der Waals surface area contributed by atoms with Crippen LogP contribution in [0.25, 0.3) is 0 Å². The first-order valence-electron chi connectivity index (χ1n) is 7.17. The van der Waals surface area contributed by atoms with Crippen molar-refractivity contribution in [2.75, 3.05) is 30.9 Å². The van der Waals surface area contributed by atoms with Crippen molar-refractivity contribution in [3.05, 3.63) is 34.4 Å². The standard InChI is InChI=1S/C15H23N3O3S/c1-12(8-10-22-3)17(2)9-7-15(19)16-13-5-4-6-14(11-13)18(20)21/h4-6,11-12H,7-10H2,1-3H3,(H,16,19)/t12-/m0/s1. The highest BCUT2D eigenvalue weighted by Gasteiger charge is 2.12. The summed E-state index contributed by atoms with van der Waals surface area (Å²) in [6, 6.07) is 6.40. The highest BCUT2D eigenvalue weighted by molar-refractivity contribution is 7.98. The number of non-ortho nitro benzene ring substituents is 1. The zero-order valence-electron chi connectivity index (χ0n) is 13.2. The van der Waals surface area contributed by atoms with Crippen molar-refractivity contribution in [2.24, 2.45) is 0 Å². The van der Waals surface area contributed by atoms with Crippen molar-refractivity contribution in [3.8, 4) is 0 Å². The normalized spacial score (nSPS) is 12.2. The maximum atomic E-state index is 11.9. The van der Waals surface area contributed by atoms with E-state index < -0.39 is 4.92 Å². The number of nitrogens with one attached hydrogen (secondary N) is 1. The molecule has 0 spiro atoms. The number of nitro groups is 1. The first kappa shape index (κ1) is 18.4. The Morgan fingerprint density at radius 2 is 2.23 bits per heavy atom. The Hall–Kier alpha value is -1.60. The van der Waals surface area contributed by atoms with Crippen molar-refractivity contribution < 1.29 is 9.72 Å². The zero-order valence-corrected chi connectivity index (χ0v) is 14.1. The molecule has 0 aromatic heterocycles. The second kappa shape index (κ2) is 9.42. The maximum Gasteiger partial charge on any atom is 0.271 e. The van der Waals surface area contributed by atoms with Crippen LogP contribution < -0.4 is 5.32 Å². The van der Waals surface area contributed by atoms with Crippen LogP contribution in [-0.2, 0) is 4.79 Å². The SMILES string of the molecule is CSCC[C@H](C)N(C)CCC(=O)Nc1cccc([N+](=O)[O-])c1. The van der Waals surface area contributed by atoms with Gasteiger partial charge in [-0.05, 0) is 38.5 Å². The number of hydrogen-bond donors (Lipinski definition) is 1. The smallest absolute Gasteiger partial charge is 0.271 e. The maximum absolute atomic E-state index is 11.9. The molecule has 0 radical (unpaired) electrons. The molecule has 6 nitrogen and oxygen atoms in total. The number of nitro benzene ring substituents is 1. The molecule has 0 aliphatic rings. The van der Waals surface area contributed by atoms with Crippen LogP contribution in [0.2, 0.25) is 0 Å². The summed E-state index contributed by atoms with van der Waals surface area (Å²) < 4.78 is 0. The number of rotatable bonds is 9. The molecule has 0 unspecified atom stereocenters. The van der Waals surface area contributed by atoms with Crippen LogP contribution >= 0.6 is 11.8 Å². The fraction of sp³-hybridized carbons (Fsp3) is 0.533. The van der Waals surface area contributed by atoms with Gasteiger partial charge in [0.15, 0.2) is 0 Å². The molecule has 0 fully saturated rings. The average molecular weight is 325 g/mol. The zero-order chi connectivity index (χ0) is 16.5. The fourth-order valence-electron chi connectivity index (χ4n) is 1.93. The van der Waals surface area contributed by atoms with Gasteiger partial charge in [-0.1, -0.05) is 6.07 Å². The molecule has 122 valence electrons. The van der Waals surface area contributed by atoms with Gasteiger partial charge in [-0.15, -0.1) is 0 Å².